The lowest BCUT2D eigenvalue weighted by Gasteiger charge is -2.07. The predicted octanol–water partition coefficient (Wildman–Crippen LogP) is -0.774. The Labute approximate surface area is 60.5 Å². The van der Waals surface area contributed by atoms with E-state index >= 15 is 0 Å². The van der Waals surface area contributed by atoms with Gasteiger partial charge in [0.25, 0.3) is 0 Å². The molecule has 0 aliphatic carbocycles. The molecule has 0 aliphatic rings. The Bertz CT molecular complexity index is 106. The standard InChI is InChI=1S/C6H14N2O2/c1-2-10-6(9)5(8)3-4-7/h5H,2-4,7-8H2,1H3. The molecule has 0 bridgehead atoms. The van der Waals surface area contributed by atoms with Crippen molar-refractivity contribution in [1.29, 1.82) is 0 Å². The molecule has 0 aliphatic heterocycles. The Morgan fingerprint density at radius 1 is 1.70 bits per heavy atom. The van der Waals surface area contributed by atoms with E-state index in [2.05, 4.69) is 4.74 Å². The fourth-order valence-electron chi connectivity index (χ4n) is 0.547. The Kier molecular flexibility index (Phi) is 4.88. The minimum Gasteiger partial charge on any atom is -0.465 e. The first-order valence-corrected chi connectivity index (χ1v) is 3.34. The molecule has 4 nitrogen and oxygen atoms in total. The van der Waals surface area contributed by atoms with Crippen molar-refractivity contribution in [2.45, 2.75) is 19.4 Å². The Balaban J connectivity index is 3.49. The second kappa shape index (κ2) is 5.20. The molecular weight excluding hydrogens is 132 g/mol. The van der Waals surface area contributed by atoms with Crippen LogP contribution in [-0.4, -0.2) is 25.2 Å². The minimum absolute atomic E-state index is 0.368. The van der Waals surface area contributed by atoms with Gasteiger partial charge in [-0.25, -0.2) is 0 Å². The Hall–Kier alpha value is -0.610. The van der Waals surface area contributed by atoms with Gasteiger partial charge in [-0.2, -0.15) is 0 Å². The molecule has 60 valence electrons. The summed E-state index contributed by atoms with van der Waals surface area (Å²) in [5.74, 6) is -0.368. The zero-order valence-electron chi connectivity index (χ0n) is 6.17. The molecular formula is C6H14N2O2. The quantitative estimate of drug-likeness (QED) is 0.510. The van der Waals surface area contributed by atoms with E-state index in [0.717, 1.165) is 0 Å². The summed E-state index contributed by atoms with van der Waals surface area (Å²) in [5, 5.41) is 0. The minimum atomic E-state index is -0.551. The number of carbonyl (C=O) groups excluding carboxylic acids is 1. The fraction of sp³-hybridized carbons (Fsp3) is 0.833. The van der Waals surface area contributed by atoms with E-state index in [-0.39, 0.29) is 5.97 Å². The third-order valence-electron chi connectivity index (χ3n) is 1.07. The first kappa shape index (κ1) is 9.39. The van der Waals surface area contributed by atoms with Crippen molar-refractivity contribution in [3.8, 4) is 0 Å². The lowest BCUT2D eigenvalue weighted by molar-refractivity contribution is -0.144. The topological polar surface area (TPSA) is 78.3 Å². The van der Waals surface area contributed by atoms with Gasteiger partial charge in [0.1, 0.15) is 6.04 Å². The normalized spacial score (nSPS) is 12.7. The van der Waals surface area contributed by atoms with E-state index in [4.69, 9.17) is 11.5 Å². The first-order chi connectivity index (χ1) is 4.72. The molecule has 10 heavy (non-hydrogen) atoms. The van der Waals surface area contributed by atoms with E-state index < -0.39 is 6.04 Å². The third-order valence-corrected chi connectivity index (χ3v) is 1.07. The highest BCUT2D eigenvalue weighted by atomic mass is 16.5. The number of carbonyl (C=O) groups is 1. The summed E-state index contributed by atoms with van der Waals surface area (Å²) in [7, 11) is 0. The van der Waals surface area contributed by atoms with Gasteiger partial charge in [-0.1, -0.05) is 0 Å². The number of rotatable bonds is 4. The summed E-state index contributed by atoms with van der Waals surface area (Å²) >= 11 is 0. The molecule has 0 aromatic carbocycles. The van der Waals surface area contributed by atoms with Crippen molar-refractivity contribution < 1.29 is 9.53 Å². The van der Waals surface area contributed by atoms with Gasteiger partial charge in [-0.3, -0.25) is 4.79 Å². The largest absolute Gasteiger partial charge is 0.465 e. The van der Waals surface area contributed by atoms with Crippen LogP contribution in [0.4, 0.5) is 0 Å². The van der Waals surface area contributed by atoms with Crippen LogP contribution >= 0.6 is 0 Å². The molecule has 4 heteroatoms. The molecule has 0 saturated carbocycles. The molecule has 1 atom stereocenters. The van der Waals surface area contributed by atoms with Gasteiger partial charge >= 0.3 is 5.97 Å². The fourth-order valence-corrected chi connectivity index (χ4v) is 0.547. The second-order valence-corrected chi connectivity index (χ2v) is 1.94. The summed E-state index contributed by atoms with van der Waals surface area (Å²) < 4.78 is 4.64. The van der Waals surface area contributed by atoms with E-state index in [1.54, 1.807) is 6.92 Å². The zero-order valence-corrected chi connectivity index (χ0v) is 6.17. The van der Waals surface area contributed by atoms with Gasteiger partial charge in [0, 0.05) is 0 Å². The maximum atomic E-state index is 10.7. The number of esters is 1. The molecule has 0 fully saturated rings. The molecule has 0 spiro atoms. The highest BCUT2D eigenvalue weighted by Gasteiger charge is 2.11. The maximum absolute atomic E-state index is 10.7. The van der Waals surface area contributed by atoms with Crippen LogP contribution in [0.2, 0.25) is 0 Å². The number of hydrogen-bond acceptors (Lipinski definition) is 4. The van der Waals surface area contributed by atoms with E-state index in [1.165, 1.54) is 0 Å². The van der Waals surface area contributed by atoms with Crippen molar-refractivity contribution in [3.05, 3.63) is 0 Å². The molecule has 4 N–H and O–H groups in total. The molecule has 0 heterocycles. The van der Waals surface area contributed by atoms with Gasteiger partial charge in [-0.15, -0.1) is 0 Å². The molecule has 0 aromatic heterocycles. The van der Waals surface area contributed by atoms with E-state index in [1.807, 2.05) is 0 Å². The maximum Gasteiger partial charge on any atom is 0.322 e. The van der Waals surface area contributed by atoms with Crippen LogP contribution in [0.1, 0.15) is 13.3 Å². The zero-order chi connectivity index (χ0) is 7.98. The number of ether oxygens (including phenoxy) is 1. The molecule has 0 saturated heterocycles. The van der Waals surface area contributed by atoms with Crippen molar-refractivity contribution >= 4 is 5.97 Å². The van der Waals surface area contributed by atoms with E-state index in [0.29, 0.717) is 19.6 Å². The van der Waals surface area contributed by atoms with Crippen LogP contribution in [0, 0.1) is 0 Å². The first-order valence-electron chi connectivity index (χ1n) is 3.34. The van der Waals surface area contributed by atoms with Crippen LogP contribution in [0.25, 0.3) is 0 Å². The molecule has 1 unspecified atom stereocenters. The molecule has 0 radical (unpaired) electrons. The number of nitrogens with two attached hydrogens (primary N) is 2. The number of hydrogen-bond donors (Lipinski definition) is 2. The summed E-state index contributed by atoms with van der Waals surface area (Å²) in [6.45, 7) is 2.53. The van der Waals surface area contributed by atoms with Crippen molar-refractivity contribution in [1.82, 2.24) is 0 Å². The van der Waals surface area contributed by atoms with Crippen LogP contribution < -0.4 is 11.5 Å². The Morgan fingerprint density at radius 2 is 2.30 bits per heavy atom. The van der Waals surface area contributed by atoms with E-state index in [9.17, 15) is 4.79 Å². The summed E-state index contributed by atoms with van der Waals surface area (Å²) in [6.07, 6.45) is 0.485. The average Bonchev–Trinajstić information content (AvgIpc) is 1.89. The van der Waals surface area contributed by atoms with Crippen LogP contribution in [-0.2, 0) is 9.53 Å². The predicted molar refractivity (Wildman–Crippen MR) is 38.3 cm³/mol. The average molecular weight is 146 g/mol. The molecule has 0 rings (SSSR count). The van der Waals surface area contributed by atoms with Crippen molar-refractivity contribution in [3.63, 3.8) is 0 Å². The lowest BCUT2D eigenvalue weighted by Crippen LogP contribution is -2.34. The summed E-state index contributed by atoms with van der Waals surface area (Å²) in [5.41, 5.74) is 10.5. The molecule has 0 amide bonds. The highest BCUT2D eigenvalue weighted by Crippen LogP contribution is 1.89. The van der Waals surface area contributed by atoms with Crippen molar-refractivity contribution in [2.75, 3.05) is 13.2 Å². The van der Waals surface area contributed by atoms with Crippen LogP contribution in [0.3, 0.4) is 0 Å². The van der Waals surface area contributed by atoms with Gasteiger partial charge in [-0.05, 0) is 19.9 Å². The van der Waals surface area contributed by atoms with Gasteiger partial charge < -0.3 is 16.2 Å². The van der Waals surface area contributed by atoms with Crippen molar-refractivity contribution in [2.24, 2.45) is 11.5 Å². The van der Waals surface area contributed by atoms with Crippen LogP contribution in [0.15, 0.2) is 0 Å². The van der Waals surface area contributed by atoms with Gasteiger partial charge in [0.05, 0.1) is 6.61 Å². The summed E-state index contributed by atoms with van der Waals surface area (Å²) in [6, 6.07) is -0.551. The smallest absolute Gasteiger partial charge is 0.322 e. The van der Waals surface area contributed by atoms with Gasteiger partial charge in [0.2, 0.25) is 0 Å². The summed E-state index contributed by atoms with van der Waals surface area (Å²) in [4.78, 5) is 10.7. The second-order valence-electron chi connectivity index (χ2n) is 1.94. The highest BCUT2D eigenvalue weighted by molar-refractivity contribution is 5.75. The van der Waals surface area contributed by atoms with Gasteiger partial charge in [0.15, 0.2) is 0 Å². The monoisotopic (exact) mass is 146 g/mol. The molecule has 0 aromatic rings. The third kappa shape index (κ3) is 3.42. The lowest BCUT2D eigenvalue weighted by atomic mass is 10.2. The SMILES string of the molecule is CCOC(=O)C(N)CCN. The van der Waals surface area contributed by atoms with Crippen LogP contribution in [0.5, 0.6) is 0 Å². The Morgan fingerprint density at radius 3 is 2.70 bits per heavy atom.